The summed E-state index contributed by atoms with van der Waals surface area (Å²) in [5.41, 5.74) is 5.76. The third-order valence-corrected chi connectivity index (χ3v) is 3.63. The largest absolute Gasteiger partial charge is 0.490 e. The minimum atomic E-state index is -0.399. The Balaban J connectivity index is 0.00000220. The number of carbonyl (C=O) groups is 1. The molecule has 1 heterocycles. The highest BCUT2D eigenvalue weighted by Gasteiger charge is 2.26. The highest BCUT2D eigenvalue weighted by Crippen LogP contribution is 2.19. The van der Waals surface area contributed by atoms with E-state index in [0.717, 1.165) is 12.8 Å². The Hall–Kier alpha value is -1.33. The molecule has 1 saturated heterocycles. The third-order valence-electron chi connectivity index (χ3n) is 3.63. The van der Waals surface area contributed by atoms with Crippen LogP contribution in [-0.2, 0) is 4.79 Å². The van der Waals surface area contributed by atoms with Gasteiger partial charge in [-0.1, -0.05) is 6.92 Å². The van der Waals surface area contributed by atoms with Gasteiger partial charge in [-0.2, -0.15) is 0 Å². The second kappa shape index (κ2) is 8.20. The number of halogens is 2. The molecule has 1 aromatic carbocycles. The van der Waals surface area contributed by atoms with E-state index in [1.807, 2.05) is 6.92 Å². The Morgan fingerprint density at radius 3 is 2.48 bits per heavy atom. The maximum absolute atomic E-state index is 12.8. The molecule has 0 spiro atoms. The number of amides is 1. The van der Waals surface area contributed by atoms with Crippen molar-refractivity contribution in [3.63, 3.8) is 0 Å². The van der Waals surface area contributed by atoms with Crippen LogP contribution in [0.2, 0.25) is 0 Å². The van der Waals surface area contributed by atoms with E-state index < -0.39 is 6.04 Å². The van der Waals surface area contributed by atoms with Gasteiger partial charge in [0.1, 0.15) is 17.7 Å². The first-order valence-corrected chi connectivity index (χ1v) is 7.06. The van der Waals surface area contributed by atoms with E-state index in [0.29, 0.717) is 25.3 Å². The van der Waals surface area contributed by atoms with E-state index in [2.05, 4.69) is 0 Å². The molecule has 4 nitrogen and oxygen atoms in total. The number of nitrogens with zero attached hydrogens (tertiary/aromatic N) is 1. The molecule has 21 heavy (non-hydrogen) atoms. The van der Waals surface area contributed by atoms with Gasteiger partial charge in [0, 0.05) is 25.9 Å². The number of ether oxygens (including phenoxy) is 1. The zero-order chi connectivity index (χ0) is 14.5. The smallest absolute Gasteiger partial charge is 0.239 e. The molecule has 1 aromatic rings. The summed E-state index contributed by atoms with van der Waals surface area (Å²) in [7, 11) is 0. The minimum absolute atomic E-state index is 0. The van der Waals surface area contributed by atoms with Gasteiger partial charge in [0.15, 0.2) is 0 Å². The normalized spacial score (nSPS) is 17.0. The fraction of sp³-hybridized carbons (Fsp3) is 0.533. The van der Waals surface area contributed by atoms with Gasteiger partial charge < -0.3 is 15.4 Å². The summed E-state index contributed by atoms with van der Waals surface area (Å²) in [6, 6.07) is 5.62. The maximum Gasteiger partial charge on any atom is 0.239 e. The van der Waals surface area contributed by atoms with Crippen molar-refractivity contribution in [2.75, 3.05) is 13.1 Å². The molecule has 6 heteroatoms. The van der Waals surface area contributed by atoms with Crippen molar-refractivity contribution in [3.05, 3.63) is 30.1 Å². The average Bonchev–Trinajstić information content (AvgIpc) is 2.49. The van der Waals surface area contributed by atoms with Gasteiger partial charge in [-0.05, 0) is 30.7 Å². The summed E-state index contributed by atoms with van der Waals surface area (Å²) in [6.45, 7) is 3.24. The topological polar surface area (TPSA) is 55.6 Å². The standard InChI is InChI=1S/C15H21FN2O2.ClH/c1-2-14(17)15(19)18-9-7-13(8-10-18)20-12-5-3-11(16)4-6-12;/h3-6,13-14H,2,7-10,17H2,1H3;1H/t14-;/m0./s1. The van der Waals surface area contributed by atoms with Gasteiger partial charge in [-0.3, -0.25) is 4.79 Å². The predicted molar refractivity (Wildman–Crippen MR) is 82.1 cm³/mol. The number of hydrogen-bond acceptors (Lipinski definition) is 3. The van der Waals surface area contributed by atoms with Crippen LogP contribution in [0.15, 0.2) is 24.3 Å². The molecule has 0 unspecified atom stereocenters. The van der Waals surface area contributed by atoms with Crippen LogP contribution in [0.3, 0.4) is 0 Å². The fourth-order valence-electron chi connectivity index (χ4n) is 2.31. The summed E-state index contributed by atoms with van der Waals surface area (Å²) >= 11 is 0. The maximum atomic E-state index is 12.8. The third kappa shape index (κ3) is 4.86. The first-order valence-electron chi connectivity index (χ1n) is 7.06. The Labute approximate surface area is 130 Å². The van der Waals surface area contributed by atoms with Gasteiger partial charge in [0.05, 0.1) is 6.04 Å². The van der Waals surface area contributed by atoms with Crippen LogP contribution in [0.5, 0.6) is 5.75 Å². The number of piperidine rings is 1. The predicted octanol–water partition coefficient (Wildman–Crippen LogP) is 2.35. The van der Waals surface area contributed by atoms with Gasteiger partial charge in [-0.25, -0.2) is 4.39 Å². The fourth-order valence-corrected chi connectivity index (χ4v) is 2.31. The highest BCUT2D eigenvalue weighted by atomic mass is 35.5. The lowest BCUT2D eigenvalue weighted by Crippen LogP contribution is -2.48. The molecule has 0 radical (unpaired) electrons. The Bertz CT molecular complexity index is 447. The summed E-state index contributed by atoms with van der Waals surface area (Å²) in [4.78, 5) is 13.8. The van der Waals surface area contributed by atoms with Crippen molar-refractivity contribution in [1.82, 2.24) is 4.90 Å². The Morgan fingerprint density at radius 2 is 1.95 bits per heavy atom. The molecule has 1 aliphatic rings. The van der Waals surface area contributed by atoms with E-state index in [9.17, 15) is 9.18 Å². The first kappa shape index (κ1) is 17.7. The van der Waals surface area contributed by atoms with Crippen molar-refractivity contribution >= 4 is 18.3 Å². The monoisotopic (exact) mass is 316 g/mol. The second-order valence-corrected chi connectivity index (χ2v) is 5.11. The van der Waals surface area contributed by atoms with Gasteiger partial charge in [0.2, 0.25) is 5.91 Å². The highest BCUT2D eigenvalue weighted by molar-refractivity contribution is 5.85. The molecule has 1 fully saturated rings. The van der Waals surface area contributed by atoms with Crippen LogP contribution in [0.1, 0.15) is 26.2 Å². The van der Waals surface area contributed by atoms with Crippen molar-refractivity contribution < 1.29 is 13.9 Å². The van der Waals surface area contributed by atoms with Crippen molar-refractivity contribution in [2.24, 2.45) is 5.73 Å². The summed E-state index contributed by atoms with van der Waals surface area (Å²) < 4.78 is 18.6. The number of hydrogen-bond donors (Lipinski definition) is 1. The Kier molecular flexibility index (Phi) is 6.92. The quantitative estimate of drug-likeness (QED) is 0.927. The second-order valence-electron chi connectivity index (χ2n) is 5.11. The zero-order valence-electron chi connectivity index (χ0n) is 12.1. The van der Waals surface area contributed by atoms with Crippen molar-refractivity contribution in [3.8, 4) is 5.75 Å². The zero-order valence-corrected chi connectivity index (χ0v) is 12.9. The number of benzene rings is 1. The molecule has 1 atom stereocenters. The SMILES string of the molecule is CC[C@H](N)C(=O)N1CCC(Oc2ccc(F)cc2)CC1.Cl. The van der Waals surface area contributed by atoms with Gasteiger partial charge >= 0.3 is 0 Å². The lowest BCUT2D eigenvalue weighted by atomic mass is 10.1. The van der Waals surface area contributed by atoms with E-state index in [1.54, 1.807) is 17.0 Å². The first-order chi connectivity index (χ1) is 9.60. The number of nitrogens with two attached hydrogens (primary N) is 1. The lowest BCUT2D eigenvalue weighted by Gasteiger charge is -2.33. The molecule has 118 valence electrons. The molecule has 0 aromatic heterocycles. The van der Waals surface area contributed by atoms with Crippen LogP contribution in [0.4, 0.5) is 4.39 Å². The van der Waals surface area contributed by atoms with E-state index in [4.69, 9.17) is 10.5 Å². The van der Waals surface area contributed by atoms with Crippen molar-refractivity contribution in [2.45, 2.75) is 38.3 Å². The van der Waals surface area contributed by atoms with Gasteiger partial charge in [-0.15, -0.1) is 12.4 Å². The lowest BCUT2D eigenvalue weighted by molar-refractivity contribution is -0.134. The summed E-state index contributed by atoms with van der Waals surface area (Å²) in [6.07, 6.45) is 2.28. The van der Waals surface area contributed by atoms with E-state index in [1.165, 1.54) is 12.1 Å². The number of carbonyl (C=O) groups excluding carboxylic acids is 1. The molecule has 0 aliphatic carbocycles. The van der Waals surface area contributed by atoms with Crippen LogP contribution in [0.25, 0.3) is 0 Å². The van der Waals surface area contributed by atoms with Crippen LogP contribution >= 0.6 is 12.4 Å². The molecular formula is C15H22ClFN2O2. The molecule has 1 amide bonds. The minimum Gasteiger partial charge on any atom is -0.490 e. The summed E-state index contributed by atoms with van der Waals surface area (Å²) in [5.74, 6) is 0.417. The van der Waals surface area contributed by atoms with Gasteiger partial charge in [0.25, 0.3) is 0 Å². The molecule has 2 N–H and O–H groups in total. The van der Waals surface area contributed by atoms with Crippen LogP contribution in [-0.4, -0.2) is 36.0 Å². The average molecular weight is 317 g/mol. The summed E-state index contributed by atoms with van der Waals surface area (Å²) in [5, 5.41) is 0. The molecule has 2 rings (SSSR count). The molecule has 0 bridgehead atoms. The van der Waals surface area contributed by atoms with E-state index >= 15 is 0 Å². The van der Waals surface area contributed by atoms with Crippen molar-refractivity contribution in [1.29, 1.82) is 0 Å². The number of rotatable bonds is 4. The number of likely N-dealkylation sites (tertiary alicyclic amines) is 1. The molecule has 1 aliphatic heterocycles. The van der Waals surface area contributed by atoms with Crippen LogP contribution in [0, 0.1) is 5.82 Å². The van der Waals surface area contributed by atoms with E-state index in [-0.39, 0.29) is 30.2 Å². The Morgan fingerprint density at radius 1 is 1.38 bits per heavy atom. The van der Waals surface area contributed by atoms with Crippen LogP contribution < -0.4 is 10.5 Å². The molecular weight excluding hydrogens is 295 g/mol. The molecule has 0 saturated carbocycles.